The molecule has 0 aliphatic rings. The normalized spacial score (nSPS) is 9.42. The molecule has 3 nitrogen and oxygen atoms in total. The van der Waals surface area contributed by atoms with Gasteiger partial charge < -0.3 is 14.9 Å². The number of aliphatic hydroxyl groups excluding tert-OH is 1. The second-order valence-corrected chi connectivity index (χ2v) is 4.12. The number of benzene rings is 2. The van der Waals surface area contributed by atoms with Gasteiger partial charge in [0.05, 0.1) is 6.61 Å². The van der Waals surface area contributed by atoms with Gasteiger partial charge in [0.2, 0.25) is 0 Å². The van der Waals surface area contributed by atoms with Gasteiger partial charge in [-0.1, -0.05) is 36.4 Å². The summed E-state index contributed by atoms with van der Waals surface area (Å²) in [4.78, 5) is 0. The lowest BCUT2D eigenvalue weighted by Gasteiger charge is -2.05. The molecule has 0 aromatic heterocycles. The van der Waals surface area contributed by atoms with E-state index < -0.39 is 0 Å². The van der Waals surface area contributed by atoms with Gasteiger partial charge in [-0.2, -0.15) is 0 Å². The summed E-state index contributed by atoms with van der Waals surface area (Å²) in [7, 11) is 0. The Morgan fingerprint density at radius 3 is 1.95 bits per heavy atom. The zero-order valence-corrected chi connectivity index (χ0v) is 11.3. The summed E-state index contributed by atoms with van der Waals surface area (Å²) in [5, 5.41) is 17.4. The molecule has 0 amide bonds. The standard InChI is InChI=1S/C9H12O2.C7H8O/c1-8-4-2-3-5-9(8)11-7-6-10;1-6-4-2-3-5-7(6)8/h2-5,10H,6-7H2,1H3;2-5,8H,1H3. The maximum atomic E-state index is 8.92. The molecule has 0 spiro atoms. The van der Waals surface area contributed by atoms with Crippen molar-refractivity contribution in [2.75, 3.05) is 13.2 Å². The molecule has 0 aliphatic carbocycles. The van der Waals surface area contributed by atoms with Crippen LogP contribution in [0.5, 0.6) is 11.5 Å². The molecule has 0 radical (unpaired) electrons. The summed E-state index contributed by atoms with van der Waals surface area (Å²) in [6.45, 7) is 4.28. The van der Waals surface area contributed by atoms with Crippen molar-refractivity contribution in [1.82, 2.24) is 0 Å². The van der Waals surface area contributed by atoms with Crippen LogP contribution in [0.2, 0.25) is 0 Å². The molecule has 0 bridgehead atoms. The lowest BCUT2D eigenvalue weighted by molar-refractivity contribution is 0.200. The fourth-order valence-electron chi connectivity index (χ4n) is 1.44. The first-order valence-electron chi connectivity index (χ1n) is 6.19. The molecule has 19 heavy (non-hydrogen) atoms. The van der Waals surface area contributed by atoms with Crippen LogP contribution in [0.25, 0.3) is 0 Å². The van der Waals surface area contributed by atoms with E-state index in [1.165, 1.54) is 0 Å². The molecule has 0 fully saturated rings. The molecule has 2 aromatic rings. The second kappa shape index (κ2) is 8.16. The minimum Gasteiger partial charge on any atom is -0.508 e. The topological polar surface area (TPSA) is 49.7 Å². The van der Waals surface area contributed by atoms with Crippen LogP contribution in [0.3, 0.4) is 0 Å². The first-order chi connectivity index (χ1) is 9.15. The predicted octanol–water partition coefficient (Wildman–Crippen LogP) is 3.07. The highest BCUT2D eigenvalue weighted by molar-refractivity contribution is 5.31. The molecule has 0 heterocycles. The van der Waals surface area contributed by atoms with E-state index in [-0.39, 0.29) is 6.61 Å². The van der Waals surface area contributed by atoms with Crippen LogP contribution in [0.1, 0.15) is 11.1 Å². The first kappa shape index (κ1) is 15.1. The van der Waals surface area contributed by atoms with E-state index in [2.05, 4.69) is 0 Å². The SMILES string of the molecule is Cc1ccccc1O.Cc1ccccc1OCCO. The zero-order chi connectivity index (χ0) is 14.1. The largest absolute Gasteiger partial charge is 0.508 e. The Bertz CT molecular complexity index is 474. The van der Waals surface area contributed by atoms with Crippen molar-refractivity contribution in [3.8, 4) is 11.5 Å². The second-order valence-electron chi connectivity index (χ2n) is 4.12. The Morgan fingerprint density at radius 1 is 0.895 bits per heavy atom. The fraction of sp³-hybridized carbons (Fsp3) is 0.250. The summed E-state index contributed by atoms with van der Waals surface area (Å²) in [5.41, 5.74) is 2.02. The number of aliphatic hydroxyl groups is 1. The van der Waals surface area contributed by atoms with Crippen molar-refractivity contribution >= 4 is 0 Å². The van der Waals surface area contributed by atoms with Crippen LogP contribution < -0.4 is 4.74 Å². The molecule has 102 valence electrons. The molecule has 2 rings (SSSR count). The van der Waals surface area contributed by atoms with Gasteiger partial charge >= 0.3 is 0 Å². The van der Waals surface area contributed by atoms with Gasteiger partial charge in [-0.15, -0.1) is 0 Å². The molecular weight excluding hydrogens is 240 g/mol. The van der Waals surface area contributed by atoms with Crippen LogP contribution in [0, 0.1) is 13.8 Å². The maximum Gasteiger partial charge on any atom is 0.122 e. The van der Waals surface area contributed by atoms with Crippen molar-refractivity contribution < 1.29 is 14.9 Å². The lowest BCUT2D eigenvalue weighted by Crippen LogP contribution is -2.02. The Hall–Kier alpha value is -2.00. The quantitative estimate of drug-likeness (QED) is 0.891. The van der Waals surface area contributed by atoms with Gasteiger partial charge in [-0.05, 0) is 37.1 Å². The highest BCUT2D eigenvalue weighted by atomic mass is 16.5. The number of para-hydroxylation sites is 2. The summed E-state index contributed by atoms with van der Waals surface area (Å²) < 4.78 is 5.24. The van der Waals surface area contributed by atoms with Gasteiger partial charge in [0, 0.05) is 0 Å². The summed E-state index contributed by atoms with van der Waals surface area (Å²) in [6.07, 6.45) is 0. The molecular formula is C16H20O3. The Labute approximate surface area is 114 Å². The molecule has 0 saturated heterocycles. The van der Waals surface area contributed by atoms with Crippen LogP contribution in [0.4, 0.5) is 0 Å². The van der Waals surface area contributed by atoms with Crippen molar-refractivity contribution in [2.24, 2.45) is 0 Å². The molecule has 0 saturated carbocycles. The highest BCUT2D eigenvalue weighted by Gasteiger charge is 1.94. The van der Waals surface area contributed by atoms with Gasteiger partial charge in [-0.3, -0.25) is 0 Å². The van der Waals surface area contributed by atoms with E-state index in [1.54, 1.807) is 6.07 Å². The average molecular weight is 260 g/mol. The van der Waals surface area contributed by atoms with E-state index in [4.69, 9.17) is 14.9 Å². The summed E-state index contributed by atoms with van der Waals surface area (Å²) in [6, 6.07) is 15.0. The van der Waals surface area contributed by atoms with Crippen molar-refractivity contribution in [3.05, 3.63) is 59.7 Å². The zero-order valence-electron chi connectivity index (χ0n) is 11.3. The number of rotatable bonds is 3. The number of hydrogen-bond donors (Lipinski definition) is 2. The third-order valence-corrected chi connectivity index (χ3v) is 2.56. The molecule has 3 heteroatoms. The monoisotopic (exact) mass is 260 g/mol. The first-order valence-corrected chi connectivity index (χ1v) is 6.19. The number of ether oxygens (including phenoxy) is 1. The van der Waals surface area contributed by atoms with Crippen molar-refractivity contribution in [3.63, 3.8) is 0 Å². The third-order valence-electron chi connectivity index (χ3n) is 2.56. The van der Waals surface area contributed by atoms with Crippen LogP contribution in [-0.2, 0) is 0 Å². The van der Waals surface area contributed by atoms with E-state index in [9.17, 15) is 0 Å². The van der Waals surface area contributed by atoms with Crippen LogP contribution in [0.15, 0.2) is 48.5 Å². The number of aryl methyl sites for hydroxylation is 2. The lowest BCUT2D eigenvalue weighted by atomic mass is 10.2. The number of phenols is 1. The smallest absolute Gasteiger partial charge is 0.122 e. The molecule has 0 aliphatic heterocycles. The molecule has 0 atom stereocenters. The number of aromatic hydroxyl groups is 1. The van der Waals surface area contributed by atoms with Gasteiger partial charge in [0.15, 0.2) is 0 Å². The number of phenolic OH excluding ortho intramolecular Hbond substituents is 1. The van der Waals surface area contributed by atoms with Crippen molar-refractivity contribution in [2.45, 2.75) is 13.8 Å². The molecule has 2 aromatic carbocycles. The molecule has 2 N–H and O–H groups in total. The van der Waals surface area contributed by atoms with Crippen LogP contribution >= 0.6 is 0 Å². The average Bonchev–Trinajstić information content (AvgIpc) is 2.42. The van der Waals surface area contributed by atoms with Gasteiger partial charge in [0.1, 0.15) is 18.1 Å². The van der Waals surface area contributed by atoms with E-state index in [1.807, 2.05) is 56.3 Å². The minimum absolute atomic E-state index is 0.0638. The summed E-state index contributed by atoms with van der Waals surface area (Å²) in [5.74, 6) is 1.22. The van der Waals surface area contributed by atoms with Gasteiger partial charge in [0.25, 0.3) is 0 Å². The molecule has 0 unspecified atom stereocenters. The Kier molecular flexibility index (Phi) is 6.47. The maximum absolute atomic E-state index is 8.92. The fourth-order valence-corrected chi connectivity index (χ4v) is 1.44. The Morgan fingerprint density at radius 2 is 1.47 bits per heavy atom. The van der Waals surface area contributed by atoms with E-state index >= 15 is 0 Å². The summed E-state index contributed by atoms with van der Waals surface area (Å²) >= 11 is 0. The highest BCUT2D eigenvalue weighted by Crippen LogP contribution is 2.15. The third kappa shape index (κ3) is 5.44. The minimum atomic E-state index is 0.0638. The number of hydrogen-bond acceptors (Lipinski definition) is 3. The van der Waals surface area contributed by atoms with E-state index in [0.717, 1.165) is 16.9 Å². The van der Waals surface area contributed by atoms with Gasteiger partial charge in [-0.25, -0.2) is 0 Å². The van der Waals surface area contributed by atoms with E-state index in [0.29, 0.717) is 12.4 Å². The van der Waals surface area contributed by atoms with Crippen LogP contribution in [-0.4, -0.2) is 23.4 Å². The predicted molar refractivity (Wildman–Crippen MR) is 76.6 cm³/mol. The van der Waals surface area contributed by atoms with Crippen molar-refractivity contribution in [1.29, 1.82) is 0 Å². The Balaban J connectivity index is 0.000000200.